The molecule has 1 aromatic carbocycles. The molecule has 0 radical (unpaired) electrons. The normalized spacial score (nSPS) is 11.9. The first-order valence-electron chi connectivity index (χ1n) is 4.87. The van der Waals surface area contributed by atoms with Crippen LogP contribution in [-0.2, 0) is 0 Å². The first-order chi connectivity index (χ1) is 7.10. The lowest BCUT2D eigenvalue weighted by Gasteiger charge is -2.16. The Hall–Kier alpha value is -1.53. The van der Waals surface area contributed by atoms with Crippen molar-refractivity contribution < 1.29 is 4.74 Å². The van der Waals surface area contributed by atoms with Gasteiger partial charge >= 0.3 is 0 Å². The van der Waals surface area contributed by atoms with Crippen LogP contribution in [0.1, 0.15) is 29.2 Å². The molecule has 15 heavy (non-hydrogen) atoms. The summed E-state index contributed by atoms with van der Waals surface area (Å²) in [4.78, 5) is 0. The molecule has 0 aliphatic rings. The lowest BCUT2D eigenvalue weighted by molar-refractivity contribution is 0.402. The molecule has 2 N–H and O–H groups in total. The molecule has 80 valence electrons. The van der Waals surface area contributed by atoms with Gasteiger partial charge in [-0.05, 0) is 19.4 Å². The van der Waals surface area contributed by atoms with Crippen LogP contribution in [0.25, 0.3) is 0 Å². The molecule has 0 heterocycles. The maximum Gasteiger partial charge on any atom is 0.126 e. The van der Waals surface area contributed by atoms with Gasteiger partial charge in [0.25, 0.3) is 0 Å². The van der Waals surface area contributed by atoms with E-state index in [0.717, 1.165) is 22.4 Å². The van der Waals surface area contributed by atoms with Crippen LogP contribution in [-0.4, -0.2) is 7.11 Å². The molecule has 0 aromatic heterocycles. The van der Waals surface area contributed by atoms with Crippen LogP contribution >= 0.6 is 0 Å². The van der Waals surface area contributed by atoms with Crippen LogP contribution in [0.3, 0.4) is 0 Å². The molecular weight excluding hydrogens is 188 g/mol. The van der Waals surface area contributed by atoms with Gasteiger partial charge in [0.1, 0.15) is 5.75 Å². The molecule has 0 aliphatic carbocycles. The number of nitrogens with two attached hydrogens (primary N) is 1. The first kappa shape index (κ1) is 11.5. The van der Waals surface area contributed by atoms with Crippen LogP contribution in [0.15, 0.2) is 12.1 Å². The number of rotatable bonds is 3. The third kappa shape index (κ3) is 2.48. The van der Waals surface area contributed by atoms with E-state index in [1.165, 1.54) is 0 Å². The number of nitrogens with zero attached hydrogens (tertiary/aromatic N) is 1. The fourth-order valence-electron chi connectivity index (χ4n) is 1.75. The molecule has 0 saturated carbocycles. The van der Waals surface area contributed by atoms with Gasteiger partial charge in [-0.3, -0.25) is 0 Å². The minimum atomic E-state index is -0.274. The van der Waals surface area contributed by atoms with Gasteiger partial charge in [0.15, 0.2) is 0 Å². The zero-order valence-electron chi connectivity index (χ0n) is 9.37. The molecule has 0 bridgehead atoms. The quantitative estimate of drug-likeness (QED) is 0.821. The van der Waals surface area contributed by atoms with Crippen molar-refractivity contribution in [3.63, 3.8) is 0 Å². The molecular formula is C12H16N2O. The monoisotopic (exact) mass is 204 g/mol. The second-order valence-corrected chi connectivity index (χ2v) is 3.67. The highest BCUT2D eigenvalue weighted by molar-refractivity contribution is 5.45. The minimum absolute atomic E-state index is 0.274. The van der Waals surface area contributed by atoms with E-state index in [9.17, 15) is 0 Å². The summed E-state index contributed by atoms with van der Waals surface area (Å²) in [6, 6.07) is 5.82. The summed E-state index contributed by atoms with van der Waals surface area (Å²) in [5.41, 5.74) is 9.02. The van der Waals surface area contributed by atoms with E-state index in [-0.39, 0.29) is 6.04 Å². The average Bonchev–Trinajstić information content (AvgIpc) is 2.17. The standard InChI is InChI=1S/C12H16N2O/c1-8-6-9(2)12(15-3)10(7-8)11(14)4-5-13/h6-7,11H,4,14H2,1-3H3. The molecule has 1 rings (SSSR count). The van der Waals surface area contributed by atoms with Gasteiger partial charge in [-0.1, -0.05) is 17.7 Å². The second kappa shape index (κ2) is 4.81. The summed E-state index contributed by atoms with van der Waals surface area (Å²) in [5, 5.41) is 8.63. The smallest absolute Gasteiger partial charge is 0.126 e. The van der Waals surface area contributed by atoms with Gasteiger partial charge in [0, 0.05) is 11.6 Å². The van der Waals surface area contributed by atoms with Crippen molar-refractivity contribution in [3.8, 4) is 11.8 Å². The Balaban J connectivity index is 3.20. The third-order valence-corrected chi connectivity index (χ3v) is 2.36. The fraction of sp³-hybridized carbons (Fsp3) is 0.417. The second-order valence-electron chi connectivity index (χ2n) is 3.67. The van der Waals surface area contributed by atoms with E-state index in [0.29, 0.717) is 6.42 Å². The van der Waals surface area contributed by atoms with Gasteiger partial charge < -0.3 is 10.5 Å². The van der Waals surface area contributed by atoms with Gasteiger partial charge in [0.05, 0.1) is 19.6 Å². The number of benzene rings is 1. The highest BCUT2D eigenvalue weighted by atomic mass is 16.5. The predicted molar refractivity (Wildman–Crippen MR) is 59.6 cm³/mol. The topological polar surface area (TPSA) is 59.0 Å². The van der Waals surface area contributed by atoms with Crippen molar-refractivity contribution in [2.24, 2.45) is 5.73 Å². The molecule has 0 fully saturated rings. The first-order valence-corrected chi connectivity index (χ1v) is 4.87. The lowest BCUT2D eigenvalue weighted by atomic mass is 9.98. The van der Waals surface area contributed by atoms with Crippen LogP contribution in [0, 0.1) is 25.2 Å². The molecule has 0 saturated heterocycles. The van der Waals surface area contributed by atoms with E-state index in [1.54, 1.807) is 7.11 Å². The number of aryl methyl sites for hydroxylation is 2. The highest BCUT2D eigenvalue weighted by Crippen LogP contribution is 2.30. The molecule has 3 heteroatoms. The van der Waals surface area contributed by atoms with Crippen molar-refractivity contribution in [2.45, 2.75) is 26.3 Å². The summed E-state index contributed by atoms with van der Waals surface area (Å²) in [6.07, 6.45) is 0.305. The molecule has 0 aliphatic heterocycles. The molecule has 1 aromatic rings. The average molecular weight is 204 g/mol. The number of hydrogen-bond donors (Lipinski definition) is 1. The van der Waals surface area contributed by atoms with Crippen LogP contribution in [0.4, 0.5) is 0 Å². The third-order valence-electron chi connectivity index (χ3n) is 2.36. The van der Waals surface area contributed by atoms with E-state index >= 15 is 0 Å². The fourth-order valence-corrected chi connectivity index (χ4v) is 1.75. The van der Waals surface area contributed by atoms with E-state index in [4.69, 9.17) is 15.7 Å². The molecule has 0 spiro atoms. The van der Waals surface area contributed by atoms with Crippen molar-refractivity contribution in [1.82, 2.24) is 0 Å². The number of methoxy groups -OCH3 is 1. The lowest BCUT2D eigenvalue weighted by Crippen LogP contribution is -2.11. The van der Waals surface area contributed by atoms with Crippen molar-refractivity contribution in [1.29, 1.82) is 5.26 Å². The van der Waals surface area contributed by atoms with E-state index < -0.39 is 0 Å². The summed E-state index contributed by atoms with van der Waals surface area (Å²) in [5.74, 6) is 0.795. The molecule has 3 nitrogen and oxygen atoms in total. The molecule has 0 amide bonds. The molecule has 1 unspecified atom stereocenters. The Labute approximate surface area is 90.5 Å². The summed E-state index contributed by atoms with van der Waals surface area (Å²) < 4.78 is 5.31. The maximum atomic E-state index is 8.63. The minimum Gasteiger partial charge on any atom is -0.496 e. The Morgan fingerprint density at radius 1 is 1.47 bits per heavy atom. The Bertz CT molecular complexity index is 393. The number of nitriles is 1. The van der Waals surface area contributed by atoms with Crippen molar-refractivity contribution in [2.75, 3.05) is 7.11 Å². The zero-order chi connectivity index (χ0) is 11.4. The van der Waals surface area contributed by atoms with Crippen molar-refractivity contribution >= 4 is 0 Å². The van der Waals surface area contributed by atoms with Gasteiger partial charge in [-0.25, -0.2) is 0 Å². The van der Waals surface area contributed by atoms with Crippen molar-refractivity contribution in [3.05, 3.63) is 28.8 Å². The highest BCUT2D eigenvalue weighted by Gasteiger charge is 2.14. The summed E-state index contributed by atoms with van der Waals surface area (Å²) in [6.45, 7) is 3.99. The summed E-state index contributed by atoms with van der Waals surface area (Å²) in [7, 11) is 1.63. The van der Waals surface area contributed by atoms with Gasteiger partial charge in [-0.15, -0.1) is 0 Å². The zero-order valence-corrected chi connectivity index (χ0v) is 9.37. The predicted octanol–water partition coefficient (Wildman–Crippen LogP) is 2.23. The van der Waals surface area contributed by atoms with Crippen LogP contribution in [0.2, 0.25) is 0 Å². The van der Waals surface area contributed by atoms with E-state index in [2.05, 4.69) is 6.07 Å². The largest absolute Gasteiger partial charge is 0.496 e. The van der Waals surface area contributed by atoms with E-state index in [1.807, 2.05) is 26.0 Å². The Kier molecular flexibility index (Phi) is 3.70. The summed E-state index contributed by atoms with van der Waals surface area (Å²) >= 11 is 0. The number of hydrogen-bond acceptors (Lipinski definition) is 3. The van der Waals surface area contributed by atoms with Gasteiger partial charge in [-0.2, -0.15) is 5.26 Å². The number of ether oxygens (including phenoxy) is 1. The molecule has 1 atom stereocenters. The Morgan fingerprint density at radius 3 is 2.67 bits per heavy atom. The van der Waals surface area contributed by atoms with Crippen LogP contribution in [0.5, 0.6) is 5.75 Å². The van der Waals surface area contributed by atoms with Gasteiger partial charge in [0.2, 0.25) is 0 Å². The Morgan fingerprint density at radius 2 is 2.13 bits per heavy atom. The maximum absolute atomic E-state index is 8.63. The van der Waals surface area contributed by atoms with Crippen LogP contribution < -0.4 is 10.5 Å². The SMILES string of the molecule is COc1c(C)cc(C)cc1C(N)CC#N.